The number of esters is 1. The number of hydrogen-bond donors (Lipinski definition) is 3. The predicted molar refractivity (Wildman–Crippen MR) is 104 cm³/mol. The Morgan fingerprint density at radius 2 is 1.62 bits per heavy atom. The number of anilines is 1. The van der Waals surface area contributed by atoms with Crippen LogP contribution >= 0.6 is 0 Å². The van der Waals surface area contributed by atoms with Crippen molar-refractivity contribution in [1.82, 2.24) is 10.6 Å². The summed E-state index contributed by atoms with van der Waals surface area (Å²) >= 11 is 0. The fourth-order valence-corrected chi connectivity index (χ4v) is 2.17. The molecule has 0 bridgehead atoms. The smallest absolute Gasteiger partial charge is 0.325 e. The standard InChI is InChI=1S/C20H21N3O6/c1-28-19(26)12-22-20(27)14-6-5-7-15(10-14)23-17(24)11-21-18(25)13-29-16-8-3-2-4-9-16/h2-10H,11-13H2,1H3,(H,21,25)(H,22,27)(H,23,24). The van der Waals surface area contributed by atoms with E-state index in [2.05, 4.69) is 20.7 Å². The average Bonchev–Trinajstić information content (AvgIpc) is 2.75. The number of nitrogens with one attached hydrogen (secondary N) is 3. The van der Waals surface area contributed by atoms with Gasteiger partial charge in [0.1, 0.15) is 12.3 Å². The highest BCUT2D eigenvalue weighted by Gasteiger charge is 2.11. The molecular formula is C20H21N3O6. The molecular weight excluding hydrogens is 378 g/mol. The highest BCUT2D eigenvalue weighted by Crippen LogP contribution is 2.10. The lowest BCUT2D eigenvalue weighted by molar-refractivity contribution is -0.139. The molecule has 2 aromatic carbocycles. The van der Waals surface area contributed by atoms with Crippen LogP contribution in [0, 0.1) is 0 Å². The fourth-order valence-electron chi connectivity index (χ4n) is 2.17. The number of benzene rings is 2. The number of para-hydroxylation sites is 1. The van der Waals surface area contributed by atoms with Gasteiger partial charge in [-0.2, -0.15) is 0 Å². The number of amides is 3. The van der Waals surface area contributed by atoms with Crippen molar-refractivity contribution >= 4 is 29.4 Å². The third kappa shape index (κ3) is 7.71. The molecule has 3 N–H and O–H groups in total. The van der Waals surface area contributed by atoms with Crippen molar-refractivity contribution in [1.29, 1.82) is 0 Å². The normalized spacial score (nSPS) is 9.83. The van der Waals surface area contributed by atoms with Crippen molar-refractivity contribution in [3.8, 4) is 5.75 Å². The summed E-state index contributed by atoms with van der Waals surface area (Å²) in [5, 5.41) is 7.42. The first-order valence-corrected chi connectivity index (χ1v) is 8.67. The zero-order valence-corrected chi connectivity index (χ0v) is 15.8. The Morgan fingerprint density at radius 3 is 2.34 bits per heavy atom. The Morgan fingerprint density at radius 1 is 0.862 bits per heavy atom. The van der Waals surface area contributed by atoms with Crippen LogP contribution in [0.1, 0.15) is 10.4 Å². The SMILES string of the molecule is COC(=O)CNC(=O)c1cccc(NC(=O)CNC(=O)COc2ccccc2)c1. The summed E-state index contributed by atoms with van der Waals surface area (Å²) < 4.78 is 9.73. The van der Waals surface area contributed by atoms with Crippen LogP contribution < -0.4 is 20.7 Å². The molecule has 2 rings (SSSR count). The van der Waals surface area contributed by atoms with E-state index in [0.29, 0.717) is 11.4 Å². The third-order valence-corrected chi connectivity index (χ3v) is 3.59. The highest BCUT2D eigenvalue weighted by molar-refractivity contribution is 5.99. The first-order chi connectivity index (χ1) is 14.0. The van der Waals surface area contributed by atoms with Gasteiger partial charge >= 0.3 is 5.97 Å². The van der Waals surface area contributed by atoms with Gasteiger partial charge in [-0.05, 0) is 30.3 Å². The van der Waals surface area contributed by atoms with Gasteiger partial charge in [0.25, 0.3) is 11.8 Å². The highest BCUT2D eigenvalue weighted by atomic mass is 16.5. The number of methoxy groups -OCH3 is 1. The summed E-state index contributed by atoms with van der Waals surface area (Å²) in [4.78, 5) is 46.8. The minimum Gasteiger partial charge on any atom is -0.484 e. The summed E-state index contributed by atoms with van der Waals surface area (Å²) in [7, 11) is 1.22. The van der Waals surface area contributed by atoms with E-state index < -0.39 is 23.7 Å². The second-order valence-electron chi connectivity index (χ2n) is 5.77. The van der Waals surface area contributed by atoms with Crippen LogP contribution in [0.25, 0.3) is 0 Å². The van der Waals surface area contributed by atoms with Crippen molar-refractivity contribution in [3.63, 3.8) is 0 Å². The molecule has 0 aromatic heterocycles. The molecule has 152 valence electrons. The van der Waals surface area contributed by atoms with Crippen LogP contribution in [0.15, 0.2) is 54.6 Å². The largest absolute Gasteiger partial charge is 0.484 e. The van der Waals surface area contributed by atoms with Crippen molar-refractivity contribution in [2.45, 2.75) is 0 Å². The number of carbonyl (C=O) groups excluding carboxylic acids is 4. The van der Waals surface area contributed by atoms with E-state index in [1.54, 1.807) is 36.4 Å². The van der Waals surface area contributed by atoms with Crippen LogP contribution in [0.4, 0.5) is 5.69 Å². The summed E-state index contributed by atoms with van der Waals surface area (Å²) in [6.07, 6.45) is 0. The number of rotatable bonds is 9. The molecule has 0 unspecified atom stereocenters. The van der Waals surface area contributed by atoms with E-state index in [4.69, 9.17) is 4.74 Å². The Balaban J connectivity index is 1.77. The predicted octanol–water partition coefficient (Wildman–Crippen LogP) is 0.723. The molecule has 0 heterocycles. The van der Waals surface area contributed by atoms with Crippen molar-refractivity contribution in [2.75, 3.05) is 32.1 Å². The summed E-state index contributed by atoms with van der Waals surface area (Å²) in [5.74, 6) is -1.42. The first-order valence-electron chi connectivity index (χ1n) is 8.67. The molecule has 0 aliphatic carbocycles. The van der Waals surface area contributed by atoms with E-state index in [1.807, 2.05) is 6.07 Å². The van der Waals surface area contributed by atoms with Gasteiger partial charge in [-0.1, -0.05) is 24.3 Å². The maximum Gasteiger partial charge on any atom is 0.325 e. The molecule has 0 radical (unpaired) electrons. The lowest BCUT2D eigenvalue weighted by atomic mass is 10.2. The minimum absolute atomic E-state index is 0.215. The Hall–Kier alpha value is -3.88. The van der Waals surface area contributed by atoms with Crippen LogP contribution in [-0.4, -0.2) is 50.5 Å². The molecule has 0 fully saturated rings. The van der Waals surface area contributed by atoms with Crippen LogP contribution in [0.2, 0.25) is 0 Å². The molecule has 3 amide bonds. The zero-order chi connectivity index (χ0) is 21.1. The van der Waals surface area contributed by atoms with Gasteiger partial charge in [-0.15, -0.1) is 0 Å². The van der Waals surface area contributed by atoms with Crippen molar-refractivity contribution < 1.29 is 28.7 Å². The minimum atomic E-state index is -0.574. The molecule has 0 atom stereocenters. The third-order valence-electron chi connectivity index (χ3n) is 3.59. The van der Waals surface area contributed by atoms with E-state index >= 15 is 0 Å². The molecule has 2 aromatic rings. The Bertz CT molecular complexity index is 870. The molecule has 0 saturated heterocycles. The molecule has 0 saturated carbocycles. The maximum atomic E-state index is 12.0. The molecule has 0 spiro atoms. The quantitative estimate of drug-likeness (QED) is 0.534. The van der Waals surface area contributed by atoms with E-state index in [1.165, 1.54) is 19.2 Å². The molecule has 29 heavy (non-hydrogen) atoms. The van der Waals surface area contributed by atoms with E-state index in [9.17, 15) is 19.2 Å². The molecule has 9 nitrogen and oxygen atoms in total. The fraction of sp³-hybridized carbons (Fsp3) is 0.200. The number of carbonyl (C=O) groups is 4. The molecule has 0 aliphatic heterocycles. The summed E-state index contributed by atoms with van der Waals surface area (Å²) in [6, 6.07) is 15.0. The summed E-state index contributed by atoms with van der Waals surface area (Å²) in [5.41, 5.74) is 0.627. The Kier molecular flexibility index (Phi) is 8.18. The summed E-state index contributed by atoms with van der Waals surface area (Å²) in [6.45, 7) is -0.730. The number of hydrogen-bond acceptors (Lipinski definition) is 6. The van der Waals surface area contributed by atoms with Crippen molar-refractivity contribution in [2.24, 2.45) is 0 Å². The monoisotopic (exact) mass is 399 g/mol. The van der Waals surface area contributed by atoms with Gasteiger partial charge in [-0.25, -0.2) is 0 Å². The lowest BCUT2D eigenvalue weighted by Crippen LogP contribution is -2.35. The molecule has 9 heteroatoms. The van der Waals surface area contributed by atoms with Gasteiger partial charge < -0.3 is 25.4 Å². The Labute approximate surface area is 167 Å². The maximum absolute atomic E-state index is 12.0. The molecule has 0 aliphatic rings. The van der Waals surface area contributed by atoms with Gasteiger partial charge in [0.2, 0.25) is 5.91 Å². The number of ether oxygens (including phenoxy) is 2. The first kappa shape index (κ1) is 21.4. The topological polar surface area (TPSA) is 123 Å². The van der Waals surface area contributed by atoms with Gasteiger partial charge in [0, 0.05) is 11.3 Å². The van der Waals surface area contributed by atoms with E-state index in [0.717, 1.165) is 0 Å². The van der Waals surface area contributed by atoms with Crippen LogP contribution in [-0.2, 0) is 19.1 Å². The van der Waals surface area contributed by atoms with Gasteiger partial charge in [0.15, 0.2) is 6.61 Å². The van der Waals surface area contributed by atoms with Crippen molar-refractivity contribution in [3.05, 3.63) is 60.2 Å². The second kappa shape index (κ2) is 11.1. The van der Waals surface area contributed by atoms with Gasteiger partial charge in [0.05, 0.1) is 13.7 Å². The van der Waals surface area contributed by atoms with Crippen LogP contribution in [0.5, 0.6) is 5.75 Å². The lowest BCUT2D eigenvalue weighted by Gasteiger charge is -2.09. The van der Waals surface area contributed by atoms with E-state index in [-0.39, 0.29) is 25.3 Å². The van der Waals surface area contributed by atoms with Crippen LogP contribution in [0.3, 0.4) is 0 Å². The van der Waals surface area contributed by atoms with Gasteiger partial charge in [-0.3, -0.25) is 19.2 Å². The zero-order valence-electron chi connectivity index (χ0n) is 15.8. The second-order valence-corrected chi connectivity index (χ2v) is 5.77. The average molecular weight is 399 g/mol.